The number of carbonyl (C=O) groups is 1. The highest BCUT2D eigenvalue weighted by molar-refractivity contribution is 7.89. The van der Waals surface area contributed by atoms with E-state index in [1.54, 1.807) is 7.05 Å². The van der Waals surface area contributed by atoms with Crippen LogP contribution in [0.15, 0.2) is 23.2 Å². The molecule has 106 valence electrons. The Kier molecular flexibility index (Phi) is 4.01. The molecule has 1 fully saturated rings. The second kappa shape index (κ2) is 5.56. The maximum atomic E-state index is 12.4. The SMILES string of the molecule is CN1CCCN(S(=O)(=O)c2ccc(C#N)nc2)CC1=O. The lowest BCUT2D eigenvalue weighted by molar-refractivity contribution is -0.129. The van der Waals surface area contributed by atoms with Gasteiger partial charge in [0.25, 0.3) is 0 Å². The van der Waals surface area contributed by atoms with E-state index >= 15 is 0 Å². The van der Waals surface area contributed by atoms with Gasteiger partial charge in [-0.15, -0.1) is 0 Å². The zero-order valence-corrected chi connectivity index (χ0v) is 11.8. The van der Waals surface area contributed by atoms with Gasteiger partial charge in [0.2, 0.25) is 15.9 Å². The average Bonchev–Trinajstić information content (AvgIpc) is 2.61. The Balaban J connectivity index is 2.29. The Morgan fingerprint density at radius 3 is 2.70 bits per heavy atom. The molecule has 0 unspecified atom stereocenters. The minimum absolute atomic E-state index is 0.00569. The van der Waals surface area contributed by atoms with E-state index in [1.807, 2.05) is 6.07 Å². The van der Waals surface area contributed by atoms with Crippen LogP contribution in [0.1, 0.15) is 12.1 Å². The Morgan fingerprint density at radius 1 is 1.35 bits per heavy atom. The molecule has 0 aliphatic carbocycles. The van der Waals surface area contributed by atoms with Gasteiger partial charge in [-0.1, -0.05) is 0 Å². The van der Waals surface area contributed by atoms with Gasteiger partial charge in [0.1, 0.15) is 16.7 Å². The monoisotopic (exact) mass is 294 g/mol. The van der Waals surface area contributed by atoms with Crippen molar-refractivity contribution in [2.24, 2.45) is 0 Å². The van der Waals surface area contributed by atoms with Crippen LogP contribution >= 0.6 is 0 Å². The van der Waals surface area contributed by atoms with Crippen LogP contribution in [0.2, 0.25) is 0 Å². The van der Waals surface area contributed by atoms with Gasteiger partial charge in [0.05, 0.1) is 6.54 Å². The molecule has 1 aliphatic rings. The Hall–Kier alpha value is -1.98. The molecule has 20 heavy (non-hydrogen) atoms. The van der Waals surface area contributed by atoms with E-state index in [-0.39, 0.29) is 23.0 Å². The van der Waals surface area contributed by atoms with Crippen LogP contribution in [-0.2, 0) is 14.8 Å². The first-order valence-electron chi connectivity index (χ1n) is 6.05. The van der Waals surface area contributed by atoms with Gasteiger partial charge in [-0.3, -0.25) is 4.79 Å². The van der Waals surface area contributed by atoms with Crippen molar-refractivity contribution in [3.05, 3.63) is 24.0 Å². The molecular weight excluding hydrogens is 280 g/mol. The highest BCUT2D eigenvalue weighted by Gasteiger charge is 2.29. The third-order valence-corrected chi connectivity index (χ3v) is 4.96. The fourth-order valence-corrected chi connectivity index (χ4v) is 3.29. The highest BCUT2D eigenvalue weighted by Crippen LogP contribution is 2.17. The first kappa shape index (κ1) is 14.4. The molecule has 2 heterocycles. The number of nitrogens with zero attached hydrogens (tertiary/aromatic N) is 4. The standard InChI is InChI=1S/C12H14N4O3S/c1-15-5-2-6-16(9-12(15)17)20(18,19)11-4-3-10(7-13)14-8-11/h3-4,8H,2,5-6,9H2,1H3. The van der Waals surface area contributed by atoms with Crippen molar-refractivity contribution in [2.45, 2.75) is 11.3 Å². The lowest BCUT2D eigenvalue weighted by Gasteiger charge is -2.19. The Morgan fingerprint density at radius 2 is 2.10 bits per heavy atom. The number of carbonyl (C=O) groups excluding carboxylic acids is 1. The summed E-state index contributed by atoms with van der Waals surface area (Å²) < 4.78 is 26.0. The van der Waals surface area contributed by atoms with Crippen molar-refractivity contribution < 1.29 is 13.2 Å². The lowest BCUT2D eigenvalue weighted by atomic mass is 10.4. The Labute approximate surface area is 117 Å². The molecule has 0 atom stereocenters. The molecule has 2 rings (SSSR count). The quantitative estimate of drug-likeness (QED) is 0.753. The van der Waals surface area contributed by atoms with Gasteiger partial charge < -0.3 is 4.90 Å². The molecule has 0 bridgehead atoms. The van der Waals surface area contributed by atoms with Crippen LogP contribution in [-0.4, -0.2) is 55.2 Å². The smallest absolute Gasteiger partial charge is 0.245 e. The number of aromatic nitrogens is 1. The van der Waals surface area contributed by atoms with E-state index in [4.69, 9.17) is 5.26 Å². The van der Waals surface area contributed by atoms with Crippen LogP contribution in [0.5, 0.6) is 0 Å². The maximum absolute atomic E-state index is 12.4. The fourth-order valence-electron chi connectivity index (χ4n) is 1.91. The zero-order valence-electron chi connectivity index (χ0n) is 11.0. The number of amides is 1. The van der Waals surface area contributed by atoms with E-state index < -0.39 is 10.0 Å². The minimum atomic E-state index is -3.75. The van der Waals surface area contributed by atoms with Gasteiger partial charge >= 0.3 is 0 Å². The summed E-state index contributed by atoms with van der Waals surface area (Å²) in [5.74, 6) is -0.229. The molecule has 0 radical (unpaired) electrons. The normalized spacial score (nSPS) is 17.6. The van der Waals surface area contributed by atoms with Crippen LogP contribution in [0.4, 0.5) is 0 Å². The van der Waals surface area contributed by atoms with Crippen molar-refractivity contribution in [2.75, 3.05) is 26.7 Å². The summed E-state index contributed by atoms with van der Waals surface area (Å²) in [6.45, 7) is 0.660. The fraction of sp³-hybridized carbons (Fsp3) is 0.417. The van der Waals surface area contributed by atoms with Crippen molar-refractivity contribution in [3.63, 3.8) is 0 Å². The third kappa shape index (κ3) is 2.79. The van der Waals surface area contributed by atoms with Gasteiger partial charge in [-0.2, -0.15) is 9.57 Å². The molecule has 0 spiro atoms. The summed E-state index contributed by atoms with van der Waals surface area (Å²) in [5.41, 5.74) is 0.149. The maximum Gasteiger partial charge on any atom is 0.245 e. The van der Waals surface area contributed by atoms with E-state index in [0.717, 1.165) is 10.5 Å². The molecule has 1 aliphatic heterocycles. The van der Waals surface area contributed by atoms with Crippen molar-refractivity contribution in [1.29, 1.82) is 5.26 Å². The molecule has 0 aromatic carbocycles. The van der Waals surface area contributed by atoms with Gasteiger partial charge in [-0.25, -0.2) is 13.4 Å². The first-order valence-corrected chi connectivity index (χ1v) is 7.49. The average molecular weight is 294 g/mol. The molecule has 7 nitrogen and oxygen atoms in total. The molecule has 8 heteroatoms. The molecule has 1 aromatic rings. The first-order chi connectivity index (χ1) is 9.45. The zero-order chi connectivity index (χ0) is 14.8. The predicted molar refractivity (Wildman–Crippen MR) is 70.0 cm³/mol. The largest absolute Gasteiger partial charge is 0.345 e. The van der Waals surface area contributed by atoms with Crippen LogP contribution < -0.4 is 0 Å². The van der Waals surface area contributed by atoms with Crippen LogP contribution in [0.25, 0.3) is 0 Å². The number of sulfonamides is 1. The van der Waals surface area contributed by atoms with E-state index in [9.17, 15) is 13.2 Å². The van der Waals surface area contributed by atoms with E-state index in [1.165, 1.54) is 17.0 Å². The minimum Gasteiger partial charge on any atom is -0.345 e. The number of nitriles is 1. The van der Waals surface area contributed by atoms with Crippen molar-refractivity contribution >= 4 is 15.9 Å². The summed E-state index contributed by atoms with van der Waals surface area (Å²) in [6, 6.07) is 4.51. The summed E-state index contributed by atoms with van der Waals surface area (Å²) in [7, 11) is -2.10. The summed E-state index contributed by atoms with van der Waals surface area (Å²) in [6.07, 6.45) is 1.73. The summed E-state index contributed by atoms with van der Waals surface area (Å²) >= 11 is 0. The van der Waals surface area contributed by atoms with Crippen molar-refractivity contribution in [3.8, 4) is 6.07 Å². The number of rotatable bonds is 2. The number of hydrogen-bond donors (Lipinski definition) is 0. The van der Waals surface area contributed by atoms with E-state index in [2.05, 4.69) is 4.98 Å². The molecule has 1 amide bonds. The number of hydrogen-bond acceptors (Lipinski definition) is 5. The highest BCUT2D eigenvalue weighted by atomic mass is 32.2. The summed E-state index contributed by atoms with van der Waals surface area (Å²) in [5, 5.41) is 8.66. The van der Waals surface area contributed by atoms with Gasteiger partial charge in [-0.05, 0) is 18.6 Å². The van der Waals surface area contributed by atoms with Crippen LogP contribution in [0.3, 0.4) is 0 Å². The van der Waals surface area contributed by atoms with Gasteiger partial charge in [0, 0.05) is 26.3 Å². The molecule has 1 saturated heterocycles. The van der Waals surface area contributed by atoms with Crippen molar-refractivity contribution in [1.82, 2.24) is 14.2 Å². The third-order valence-electron chi connectivity index (χ3n) is 3.13. The van der Waals surface area contributed by atoms with E-state index in [0.29, 0.717) is 19.5 Å². The second-order valence-electron chi connectivity index (χ2n) is 4.50. The molecule has 1 aromatic heterocycles. The summed E-state index contributed by atoms with van der Waals surface area (Å²) in [4.78, 5) is 17.0. The second-order valence-corrected chi connectivity index (χ2v) is 6.44. The number of likely N-dealkylation sites (N-methyl/N-ethyl adjacent to an activating group) is 1. The number of pyridine rings is 1. The predicted octanol–water partition coefficient (Wildman–Crippen LogP) is -0.194. The molecule has 0 N–H and O–H groups in total. The lowest BCUT2D eigenvalue weighted by Crippen LogP contribution is -2.38. The topological polar surface area (TPSA) is 94.4 Å². The van der Waals surface area contributed by atoms with Gasteiger partial charge in [0.15, 0.2) is 0 Å². The molecule has 0 saturated carbocycles. The molecular formula is C12H14N4O3S. The Bertz CT molecular complexity index is 648. The van der Waals surface area contributed by atoms with Crippen LogP contribution in [0, 0.1) is 11.3 Å².